The van der Waals surface area contributed by atoms with Crippen LogP contribution in [0.3, 0.4) is 0 Å². The number of carbonyl (C=O) groups is 2. The van der Waals surface area contributed by atoms with E-state index in [-0.39, 0.29) is 31.0 Å². The van der Waals surface area contributed by atoms with Crippen molar-refractivity contribution in [2.75, 3.05) is 26.3 Å². The number of esters is 1. The van der Waals surface area contributed by atoms with Gasteiger partial charge in [-0.1, -0.05) is 108 Å². The fourth-order valence-corrected chi connectivity index (χ4v) is 10.6. The molecule has 8 aromatic rings. The highest BCUT2D eigenvalue weighted by Crippen LogP contribution is 2.36. The third-order valence-electron chi connectivity index (χ3n) is 14.5. The first-order chi connectivity index (χ1) is 39.3. The predicted molar refractivity (Wildman–Crippen MR) is 315 cm³/mol. The number of aliphatic hydroxyl groups excluding tert-OH is 3. The number of hydroxylamine groups is 4. The van der Waals surface area contributed by atoms with Gasteiger partial charge in [-0.05, 0) is 147 Å². The molecule has 2 aromatic heterocycles. The first-order valence-electron chi connectivity index (χ1n) is 27.2. The number of rotatable bonds is 14. The third-order valence-corrected chi connectivity index (χ3v) is 15.0. The number of carbonyl (C=O) groups excluding carboxylic acids is 2. The number of para-hydroxylation sites is 2. The van der Waals surface area contributed by atoms with Crippen LogP contribution in [0.2, 0.25) is 10.0 Å². The van der Waals surface area contributed by atoms with E-state index in [4.69, 9.17) is 43.3 Å². The van der Waals surface area contributed by atoms with Crippen molar-refractivity contribution in [3.05, 3.63) is 213 Å². The number of ether oxygens (including phenoxy) is 1. The maximum atomic E-state index is 13.4. The van der Waals surface area contributed by atoms with Crippen LogP contribution in [-0.2, 0) is 49.9 Å². The lowest BCUT2D eigenvalue weighted by atomic mass is 9.92. The van der Waals surface area contributed by atoms with Gasteiger partial charge in [0.1, 0.15) is 24.3 Å². The van der Waals surface area contributed by atoms with E-state index >= 15 is 0 Å². The average Bonchev–Trinajstić information content (AvgIpc) is 4.42. The number of cyclic esters (lactones) is 1. The van der Waals surface area contributed by atoms with Gasteiger partial charge < -0.3 is 41.1 Å². The van der Waals surface area contributed by atoms with Crippen molar-refractivity contribution >= 4 is 56.9 Å². The van der Waals surface area contributed by atoms with Crippen molar-refractivity contribution in [1.29, 1.82) is 0 Å². The normalized spacial score (nSPS) is 20.1. The molecule has 8 atom stereocenters. The number of aryl methyl sites for hydroxylation is 1. The van der Waals surface area contributed by atoms with E-state index in [2.05, 4.69) is 63.2 Å². The number of aromatic nitrogens is 2. The summed E-state index contributed by atoms with van der Waals surface area (Å²) in [6.45, 7) is 5.24. The first kappa shape index (κ1) is 58.4. The van der Waals surface area contributed by atoms with E-state index in [1.165, 1.54) is 27.4 Å². The second-order valence-electron chi connectivity index (χ2n) is 20.4. The van der Waals surface area contributed by atoms with Gasteiger partial charge in [-0.3, -0.25) is 19.3 Å². The summed E-state index contributed by atoms with van der Waals surface area (Å²) in [5.74, 6) is 11.3. The van der Waals surface area contributed by atoms with Crippen LogP contribution < -0.4 is 11.1 Å². The Hall–Kier alpha value is -7.28. The average molecular weight is 1130 g/mol. The number of aliphatic hydroxyl groups is 3. The molecule has 418 valence electrons. The molecule has 0 radical (unpaired) electrons. The molecule has 3 aliphatic rings. The highest BCUT2D eigenvalue weighted by Gasteiger charge is 2.54. The van der Waals surface area contributed by atoms with Crippen LogP contribution in [0.4, 0.5) is 0 Å². The maximum Gasteiger partial charge on any atom is 0.326 e. The van der Waals surface area contributed by atoms with E-state index in [1.807, 2.05) is 122 Å². The minimum atomic E-state index is -0.847. The van der Waals surface area contributed by atoms with Crippen LogP contribution in [0.25, 0.3) is 21.8 Å². The van der Waals surface area contributed by atoms with E-state index in [1.54, 1.807) is 36.1 Å². The number of aromatic amines is 2. The molecular formula is C65H66Cl2N6O8. The molecule has 3 aliphatic heterocycles. The quantitative estimate of drug-likeness (QED) is 0.0312. The summed E-state index contributed by atoms with van der Waals surface area (Å²) in [6, 6.07) is 45.5. The standard InChI is InChI=1S/C33H34ClN3O4.C22H20ClNO4.C10H12N2/c1-22(39)32-29(21-38)31(33(40)35-18-4-5-26-19-36-30-7-3-2-6-28(26)30)37(41-32)20-25-12-10-23(11-13-25)8-9-24-14-16-27(34)17-15-24;1-14(25)21-19-13-27-22(26)20(19)24(28-21)12-17-6-4-15(5-7-17)2-3-16-8-10-18(23)11-9-16;11-6-5-8-7-12-10-4-2-1-3-9(8)10/h2-3,6-7,10-17,19,22,29,31-32,36,38-39H,4-5,18,20-21H2,1H3,(H,35,40);4-11,14,19-21,25H,12-13H2,1H3;1-4,7,12H,5-6,11H2/t22-,29-,31-,32-;14-,19-,20-,21-;/m00./s1. The fraction of sp³-hybridized carbons (Fsp3) is 0.292. The Morgan fingerprint density at radius 1 is 0.667 bits per heavy atom. The summed E-state index contributed by atoms with van der Waals surface area (Å²) in [5.41, 5.74) is 15.7. The van der Waals surface area contributed by atoms with Gasteiger partial charge >= 0.3 is 5.97 Å². The van der Waals surface area contributed by atoms with Crippen molar-refractivity contribution < 1.29 is 39.3 Å². The SMILES string of the molecule is C[C@H](O)[C@@H]1ON(Cc2ccc(C#Cc3ccc(Cl)cc3)cc2)[C@@H]2C(=O)OC[C@H]12.C[C@H](O)[C@@H]1ON(Cc2ccc(C#Cc3ccc(Cl)cc3)cc2)[C@H](C(=O)NCCCc2c[nH]c3ccccc23)[C@@H]1CO.NCCc1c[nH]c2ccccc12. The number of nitrogens with one attached hydrogen (secondary N) is 3. The zero-order valence-electron chi connectivity index (χ0n) is 45.1. The van der Waals surface area contributed by atoms with E-state index in [9.17, 15) is 24.9 Å². The summed E-state index contributed by atoms with van der Waals surface area (Å²) in [4.78, 5) is 43.9. The second-order valence-corrected chi connectivity index (χ2v) is 21.2. The summed E-state index contributed by atoms with van der Waals surface area (Å²) in [7, 11) is 0. The summed E-state index contributed by atoms with van der Waals surface area (Å²) in [6.07, 6.45) is 3.96. The smallest absolute Gasteiger partial charge is 0.326 e. The number of hydrogen-bond donors (Lipinski definition) is 7. The Morgan fingerprint density at radius 3 is 1.60 bits per heavy atom. The van der Waals surface area contributed by atoms with Crippen molar-refractivity contribution in [2.45, 2.75) is 82.7 Å². The molecule has 0 unspecified atom stereocenters. The molecule has 8 N–H and O–H groups in total. The Bertz CT molecular complexity index is 3490. The van der Waals surface area contributed by atoms with Gasteiger partial charge in [0.25, 0.3) is 0 Å². The molecule has 6 aromatic carbocycles. The van der Waals surface area contributed by atoms with Crippen molar-refractivity contribution in [1.82, 2.24) is 25.4 Å². The highest BCUT2D eigenvalue weighted by molar-refractivity contribution is 6.30. The molecule has 3 fully saturated rings. The fourth-order valence-electron chi connectivity index (χ4n) is 10.3. The van der Waals surface area contributed by atoms with Crippen LogP contribution in [0.1, 0.15) is 64.8 Å². The Kier molecular flexibility index (Phi) is 20.1. The number of benzene rings is 6. The molecule has 5 heterocycles. The van der Waals surface area contributed by atoms with Crippen LogP contribution in [0, 0.1) is 35.5 Å². The second kappa shape index (κ2) is 27.9. The molecule has 0 aliphatic carbocycles. The van der Waals surface area contributed by atoms with Crippen LogP contribution in [-0.4, -0.2) is 110 Å². The van der Waals surface area contributed by atoms with Gasteiger partial charge in [0.2, 0.25) is 5.91 Å². The number of nitrogens with two attached hydrogens (primary N) is 1. The van der Waals surface area contributed by atoms with Gasteiger partial charge in [0, 0.05) is 79.0 Å². The van der Waals surface area contributed by atoms with Crippen LogP contribution in [0.15, 0.2) is 158 Å². The first-order valence-corrected chi connectivity index (χ1v) is 27.9. The summed E-state index contributed by atoms with van der Waals surface area (Å²) in [5, 5.41) is 40.5. The number of halogens is 2. The van der Waals surface area contributed by atoms with Crippen molar-refractivity contribution in [3.63, 3.8) is 0 Å². The molecule has 16 heteroatoms. The molecule has 3 saturated heterocycles. The molecule has 0 spiro atoms. The monoisotopic (exact) mass is 1130 g/mol. The molecular weight excluding hydrogens is 1060 g/mol. The number of hydrogen-bond acceptors (Lipinski definition) is 11. The molecule has 0 bridgehead atoms. The van der Waals surface area contributed by atoms with Crippen molar-refractivity contribution in [2.24, 2.45) is 17.6 Å². The van der Waals surface area contributed by atoms with Gasteiger partial charge in [0.05, 0.1) is 44.4 Å². The largest absolute Gasteiger partial charge is 0.464 e. The number of nitrogens with zero attached hydrogens (tertiary/aromatic N) is 2. The van der Waals surface area contributed by atoms with Gasteiger partial charge in [-0.2, -0.15) is 10.1 Å². The van der Waals surface area contributed by atoms with Gasteiger partial charge in [-0.15, -0.1) is 0 Å². The van der Waals surface area contributed by atoms with Crippen molar-refractivity contribution in [3.8, 4) is 23.7 Å². The lowest BCUT2D eigenvalue weighted by Crippen LogP contribution is -2.47. The summed E-state index contributed by atoms with van der Waals surface area (Å²) >= 11 is 11.8. The lowest BCUT2D eigenvalue weighted by molar-refractivity contribution is -0.202. The molecule has 0 saturated carbocycles. The van der Waals surface area contributed by atoms with E-state index in [0.29, 0.717) is 36.2 Å². The minimum Gasteiger partial charge on any atom is -0.464 e. The number of amides is 1. The Morgan fingerprint density at radius 2 is 1.12 bits per heavy atom. The predicted octanol–water partition coefficient (Wildman–Crippen LogP) is 8.89. The lowest BCUT2D eigenvalue weighted by Gasteiger charge is -2.24. The van der Waals surface area contributed by atoms with Gasteiger partial charge in [-0.25, -0.2) is 0 Å². The third kappa shape index (κ3) is 15.0. The molecule has 81 heavy (non-hydrogen) atoms. The Balaban J connectivity index is 0.000000169. The molecule has 11 rings (SSSR count). The van der Waals surface area contributed by atoms with E-state index < -0.39 is 42.4 Å². The zero-order chi connectivity index (χ0) is 56.8. The van der Waals surface area contributed by atoms with E-state index in [0.717, 1.165) is 58.2 Å². The summed E-state index contributed by atoms with van der Waals surface area (Å²) < 4.78 is 5.17. The number of H-pyrrole nitrogens is 2. The molecule has 14 nitrogen and oxygen atoms in total. The maximum absolute atomic E-state index is 13.4. The van der Waals surface area contributed by atoms with Gasteiger partial charge in [0.15, 0.2) is 0 Å². The zero-order valence-corrected chi connectivity index (χ0v) is 46.6. The minimum absolute atomic E-state index is 0.142. The molecule has 1 amide bonds. The Labute approximate surface area is 482 Å². The van der Waals surface area contributed by atoms with Crippen LogP contribution >= 0.6 is 23.2 Å². The highest BCUT2D eigenvalue weighted by atomic mass is 35.5. The number of fused-ring (bicyclic) bond motifs is 3. The topological polar surface area (TPSA) is 199 Å². The van der Waals surface area contributed by atoms with Crippen LogP contribution in [0.5, 0.6) is 0 Å².